The number of thiophene rings is 1. The van der Waals surface area contributed by atoms with Crippen LogP contribution in [0.15, 0.2) is 46.8 Å². The van der Waals surface area contributed by atoms with E-state index in [-0.39, 0.29) is 24.0 Å². The lowest BCUT2D eigenvalue weighted by Gasteiger charge is -2.22. The fourth-order valence-electron chi connectivity index (χ4n) is 2.01. The number of aryl methyl sites for hydroxylation is 1. The highest BCUT2D eigenvalue weighted by Gasteiger charge is 2.06. The lowest BCUT2D eigenvalue weighted by Crippen LogP contribution is -2.37. The number of guanidine groups is 1. The highest BCUT2D eigenvalue weighted by Crippen LogP contribution is 2.09. The molecule has 0 saturated carbocycles. The summed E-state index contributed by atoms with van der Waals surface area (Å²) < 4.78 is 0. The molecule has 0 bridgehead atoms. The third-order valence-corrected chi connectivity index (χ3v) is 3.99. The van der Waals surface area contributed by atoms with Crippen LogP contribution in [0.5, 0.6) is 0 Å². The first kappa shape index (κ1) is 18.0. The van der Waals surface area contributed by atoms with Crippen LogP contribution in [0.25, 0.3) is 0 Å². The summed E-state index contributed by atoms with van der Waals surface area (Å²) >= 11 is 1.76. The lowest BCUT2D eigenvalue weighted by atomic mass is 10.1. The molecule has 2 aromatic rings. The standard InChI is InChI=1S/C16H21N3S.HI/c1-13-6-8-14(9-7-13)12-19(3)16(17-2)18-11-15-5-4-10-20-15;/h4-10H,11-12H2,1-3H3,(H,17,18);1H. The molecule has 0 amide bonds. The highest BCUT2D eigenvalue weighted by molar-refractivity contribution is 14.0. The van der Waals surface area contributed by atoms with Gasteiger partial charge in [0.15, 0.2) is 5.96 Å². The Morgan fingerprint density at radius 2 is 1.95 bits per heavy atom. The number of hydrogen-bond acceptors (Lipinski definition) is 2. The third-order valence-electron chi connectivity index (χ3n) is 3.11. The van der Waals surface area contributed by atoms with Crippen LogP contribution in [0.4, 0.5) is 0 Å². The number of nitrogens with one attached hydrogen (secondary N) is 1. The first-order valence-corrected chi connectivity index (χ1v) is 7.56. The molecule has 2 rings (SSSR count). The molecular weight excluding hydrogens is 393 g/mol. The zero-order valence-corrected chi connectivity index (χ0v) is 15.8. The van der Waals surface area contributed by atoms with Gasteiger partial charge in [-0.15, -0.1) is 35.3 Å². The Hall–Kier alpha value is -1.08. The Bertz CT molecular complexity index is 549. The van der Waals surface area contributed by atoms with Crippen LogP contribution >= 0.6 is 35.3 Å². The Morgan fingerprint density at radius 3 is 2.52 bits per heavy atom. The van der Waals surface area contributed by atoms with Crippen molar-refractivity contribution in [2.75, 3.05) is 14.1 Å². The van der Waals surface area contributed by atoms with E-state index in [1.54, 1.807) is 11.3 Å². The van der Waals surface area contributed by atoms with E-state index in [0.29, 0.717) is 0 Å². The normalized spacial score (nSPS) is 10.9. The first-order chi connectivity index (χ1) is 9.69. The number of nitrogens with zero attached hydrogens (tertiary/aromatic N) is 2. The van der Waals surface area contributed by atoms with Crippen molar-refractivity contribution in [2.45, 2.75) is 20.0 Å². The van der Waals surface area contributed by atoms with Crippen molar-refractivity contribution in [1.82, 2.24) is 10.2 Å². The number of hydrogen-bond donors (Lipinski definition) is 1. The Morgan fingerprint density at radius 1 is 1.24 bits per heavy atom. The van der Waals surface area contributed by atoms with Gasteiger partial charge in [-0.25, -0.2) is 0 Å². The zero-order chi connectivity index (χ0) is 14.4. The summed E-state index contributed by atoms with van der Waals surface area (Å²) in [5.74, 6) is 0.916. The minimum atomic E-state index is 0. The number of benzene rings is 1. The molecule has 3 nitrogen and oxygen atoms in total. The van der Waals surface area contributed by atoms with E-state index in [2.05, 4.69) is 71.0 Å². The fourth-order valence-corrected chi connectivity index (χ4v) is 2.65. The van der Waals surface area contributed by atoms with Crippen LogP contribution in [-0.2, 0) is 13.1 Å². The van der Waals surface area contributed by atoms with Gasteiger partial charge in [-0.1, -0.05) is 35.9 Å². The molecular formula is C16H22IN3S. The van der Waals surface area contributed by atoms with Gasteiger partial charge < -0.3 is 10.2 Å². The van der Waals surface area contributed by atoms with E-state index >= 15 is 0 Å². The minimum absolute atomic E-state index is 0. The van der Waals surface area contributed by atoms with E-state index < -0.39 is 0 Å². The summed E-state index contributed by atoms with van der Waals surface area (Å²) in [6, 6.07) is 12.8. The molecule has 21 heavy (non-hydrogen) atoms. The molecule has 5 heteroatoms. The molecule has 0 aliphatic carbocycles. The van der Waals surface area contributed by atoms with Crippen LogP contribution in [-0.4, -0.2) is 25.0 Å². The first-order valence-electron chi connectivity index (χ1n) is 6.69. The predicted molar refractivity (Wildman–Crippen MR) is 103 cm³/mol. The summed E-state index contributed by atoms with van der Waals surface area (Å²) in [6.45, 7) is 3.78. The summed E-state index contributed by atoms with van der Waals surface area (Å²) in [6.07, 6.45) is 0. The van der Waals surface area contributed by atoms with Crippen molar-refractivity contribution in [2.24, 2.45) is 4.99 Å². The summed E-state index contributed by atoms with van der Waals surface area (Å²) in [5.41, 5.74) is 2.58. The molecule has 0 aliphatic heterocycles. The summed E-state index contributed by atoms with van der Waals surface area (Å²) in [7, 11) is 3.88. The lowest BCUT2D eigenvalue weighted by molar-refractivity contribution is 0.477. The van der Waals surface area contributed by atoms with E-state index in [1.165, 1.54) is 16.0 Å². The van der Waals surface area contributed by atoms with Gasteiger partial charge in [-0.2, -0.15) is 0 Å². The van der Waals surface area contributed by atoms with Crippen molar-refractivity contribution in [3.8, 4) is 0 Å². The average molecular weight is 415 g/mol. The molecule has 0 radical (unpaired) electrons. The molecule has 0 saturated heterocycles. The molecule has 0 unspecified atom stereocenters. The second kappa shape index (κ2) is 9.04. The Labute approximate surface area is 148 Å². The SMILES string of the molecule is CN=C(NCc1cccs1)N(C)Cc1ccc(C)cc1.I. The van der Waals surface area contributed by atoms with Crippen LogP contribution < -0.4 is 5.32 Å². The van der Waals surface area contributed by atoms with Crippen LogP contribution in [0.2, 0.25) is 0 Å². The van der Waals surface area contributed by atoms with Gasteiger partial charge in [0.1, 0.15) is 0 Å². The van der Waals surface area contributed by atoms with Crippen molar-refractivity contribution in [3.05, 3.63) is 57.8 Å². The number of aliphatic imine (C=N–C) groups is 1. The van der Waals surface area contributed by atoms with Crippen molar-refractivity contribution in [3.63, 3.8) is 0 Å². The molecule has 0 fully saturated rings. The van der Waals surface area contributed by atoms with Crippen molar-refractivity contribution in [1.29, 1.82) is 0 Å². The molecule has 114 valence electrons. The van der Waals surface area contributed by atoms with Crippen LogP contribution in [0.1, 0.15) is 16.0 Å². The van der Waals surface area contributed by atoms with Gasteiger partial charge in [0.05, 0.1) is 6.54 Å². The molecule has 1 heterocycles. The maximum absolute atomic E-state index is 4.34. The van der Waals surface area contributed by atoms with Crippen LogP contribution in [0.3, 0.4) is 0 Å². The highest BCUT2D eigenvalue weighted by atomic mass is 127. The van der Waals surface area contributed by atoms with Gasteiger partial charge in [0, 0.05) is 25.5 Å². The van der Waals surface area contributed by atoms with Crippen LogP contribution in [0, 0.1) is 6.92 Å². The second-order valence-electron chi connectivity index (χ2n) is 4.82. The van der Waals surface area contributed by atoms with E-state index in [1.807, 2.05) is 7.05 Å². The van der Waals surface area contributed by atoms with Gasteiger partial charge in [0.2, 0.25) is 0 Å². The maximum atomic E-state index is 4.34. The summed E-state index contributed by atoms with van der Waals surface area (Å²) in [5, 5.41) is 5.48. The average Bonchev–Trinajstić information content (AvgIpc) is 2.95. The number of rotatable bonds is 4. The summed E-state index contributed by atoms with van der Waals surface area (Å²) in [4.78, 5) is 7.79. The maximum Gasteiger partial charge on any atom is 0.193 e. The molecule has 1 aromatic heterocycles. The molecule has 0 spiro atoms. The monoisotopic (exact) mass is 415 g/mol. The van der Waals surface area contributed by atoms with Crippen molar-refractivity contribution < 1.29 is 0 Å². The Kier molecular flexibility index (Phi) is 7.74. The number of halogens is 1. The molecule has 1 N–H and O–H groups in total. The van der Waals surface area contributed by atoms with E-state index in [4.69, 9.17) is 0 Å². The largest absolute Gasteiger partial charge is 0.351 e. The van der Waals surface area contributed by atoms with Gasteiger partial charge >= 0.3 is 0 Å². The van der Waals surface area contributed by atoms with E-state index in [0.717, 1.165) is 19.0 Å². The van der Waals surface area contributed by atoms with Gasteiger partial charge in [0.25, 0.3) is 0 Å². The molecule has 0 aliphatic rings. The zero-order valence-electron chi connectivity index (χ0n) is 12.7. The molecule has 0 atom stereocenters. The van der Waals surface area contributed by atoms with Gasteiger partial charge in [-0.3, -0.25) is 4.99 Å². The van der Waals surface area contributed by atoms with E-state index in [9.17, 15) is 0 Å². The topological polar surface area (TPSA) is 27.6 Å². The van der Waals surface area contributed by atoms with Gasteiger partial charge in [-0.05, 0) is 23.9 Å². The minimum Gasteiger partial charge on any atom is -0.351 e. The molecule has 1 aromatic carbocycles. The third kappa shape index (κ3) is 5.67. The smallest absolute Gasteiger partial charge is 0.193 e. The quantitative estimate of drug-likeness (QED) is 0.466. The Balaban J connectivity index is 0.00000220. The second-order valence-corrected chi connectivity index (χ2v) is 5.85. The van der Waals surface area contributed by atoms with Crippen molar-refractivity contribution >= 4 is 41.3 Å². The predicted octanol–water partition coefficient (Wildman–Crippen LogP) is 3.88. The fraction of sp³-hybridized carbons (Fsp3) is 0.312.